The van der Waals surface area contributed by atoms with Crippen molar-refractivity contribution in [1.82, 2.24) is 10.0 Å². The molecule has 1 saturated heterocycles. The maximum Gasteiger partial charge on any atom is 0.314 e. The molecule has 0 aromatic heterocycles. The van der Waals surface area contributed by atoms with Gasteiger partial charge in [0, 0.05) is 6.08 Å². The molecule has 2 amide bonds. The SMILES string of the molecule is CCCCC(CC)C(=O)Oc1c2c(c(OC(=O)C(CC)CCCC)c3c1SC(=C1C(=O)N(Cc4ccccc4)N(Cc4ccccc4)C1=O)S3)SC(=CC#N)S2. The molecule has 2 unspecified atom stereocenters. The number of hydrazine groups is 1. The number of allylic oxidation sites excluding steroid dienone is 1. The molecular formula is C43H45N3O6S4. The Labute approximate surface area is 346 Å². The van der Waals surface area contributed by atoms with Crippen LogP contribution in [0, 0.1) is 23.2 Å². The summed E-state index contributed by atoms with van der Waals surface area (Å²) in [6, 6.07) is 21.2. The van der Waals surface area contributed by atoms with Gasteiger partial charge in [0.2, 0.25) is 0 Å². The van der Waals surface area contributed by atoms with E-state index in [1.165, 1.54) is 63.1 Å². The summed E-state index contributed by atoms with van der Waals surface area (Å²) in [6.07, 6.45) is 7.62. The minimum atomic E-state index is -0.443. The predicted octanol–water partition coefficient (Wildman–Crippen LogP) is 10.9. The molecule has 9 nitrogen and oxygen atoms in total. The van der Waals surface area contributed by atoms with Crippen LogP contribution in [0.3, 0.4) is 0 Å². The lowest BCUT2D eigenvalue weighted by molar-refractivity contribution is -0.149. The number of nitriles is 1. The first-order valence-electron chi connectivity index (χ1n) is 19.2. The number of rotatable bonds is 16. The molecule has 0 aliphatic carbocycles. The fourth-order valence-corrected chi connectivity index (χ4v) is 11.8. The largest absolute Gasteiger partial charge is 0.424 e. The van der Waals surface area contributed by atoms with E-state index in [-0.39, 0.29) is 42.4 Å². The molecule has 0 radical (unpaired) electrons. The van der Waals surface area contributed by atoms with Gasteiger partial charge in [-0.15, -0.1) is 0 Å². The first-order chi connectivity index (χ1) is 27.2. The highest BCUT2D eigenvalue weighted by atomic mass is 32.2. The average Bonchev–Trinajstić information content (AvgIpc) is 3.89. The molecule has 3 aliphatic rings. The van der Waals surface area contributed by atoms with Crippen LogP contribution in [-0.2, 0) is 32.3 Å². The third-order valence-electron chi connectivity index (χ3n) is 9.83. The lowest BCUT2D eigenvalue weighted by atomic mass is 10.00. The zero-order valence-corrected chi connectivity index (χ0v) is 35.3. The number of unbranched alkanes of at least 4 members (excludes halogenated alkanes) is 2. The number of benzene rings is 3. The molecule has 3 aromatic rings. The molecule has 3 aliphatic heterocycles. The maximum absolute atomic E-state index is 14.5. The topological polar surface area (TPSA) is 117 Å². The summed E-state index contributed by atoms with van der Waals surface area (Å²) in [5.74, 6) is -1.70. The number of hydrogen-bond donors (Lipinski definition) is 0. The average molecular weight is 828 g/mol. The number of fused-ring (bicyclic) bond motifs is 2. The van der Waals surface area contributed by atoms with Crippen molar-refractivity contribution in [2.75, 3.05) is 0 Å². The molecule has 13 heteroatoms. The van der Waals surface area contributed by atoms with Crippen LogP contribution >= 0.6 is 47.0 Å². The number of carbonyl (C=O) groups is 4. The zero-order chi connectivity index (χ0) is 39.8. The molecule has 3 heterocycles. The van der Waals surface area contributed by atoms with Gasteiger partial charge in [-0.3, -0.25) is 19.2 Å². The number of nitrogens with zero attached hydrogens (tertiary/aromatic N) is 3. The summed E-state index contributed by atoms with van der Waals surface area (Å²) in [6.45, 7) is 8.46. The molecule has 2 atom stereocenters. The van der Waals surface area contributed by atoms with E-state index < -0.39 is 11.8 Å². The summed E-state index contributed by atoms with van der Waals surface area (Å²) < 4.78 is 13.8. The summed E-state index contributed by atoms with van der Waals surface area (Å²) >= 11 is 4.94. The van der Waals surface area contributed by atoms with Crippen LogP contribution in [0.25, 0.3) is 0 Å². The van der Waals surface area contributed by atoms with Gasteiger partial charge in [-0.2, -0.15) is 5.26 Å². The van der Waals surface area contributed by atoms with Gasteiger partial charge in [0.05, 0.1) is 59.1 Å². The van der Waals surface area contributed by atoms with Crippen molar-refractivity contribution in [3.8, 4) is 17.6 Å². The van der Waals surface area contributed by atoms with Crippen LogP contribution in [0.2, 0.25) is 0 Å². The molecule has 56 heavy (non-hydrogen) atoms. The second-order valence-corrected chi connectivity index (χ2v) is 18.3. The first-order valence-corrected chi connectivity index (χ1v) is 22.4. The van der Waals surface area contributed by atoms with Crippen molar-refractivity contribution >= 4 is 70.8 Å². The monoisotopic (exact) mass is 827 g/mol. The third-order valence-corrected chi connectivity index (χ3v) is 14.9. The second kappa shape index (κ2) is 19.4. The number of hydrogen-bond acceptors (Lipinski definition) is 11. The van der Waals surface area contributed by atoms with Gasteiger partial charge in [-0.25, -0.2) is 10.0 Å². The Hall–Kier alpha value is -4.09. The normalized spacial score (nSPS) is 15.8. The van der Waals surface area contributed by atoms with Gasteiger partial charge in [0.15, 0.2) is 11.5 Å². The van der Waals surface area contributed by atoms with Crippen molar-refractivity contribution in [3.63, 3.8) is 0 Å². The van der Waals surface area contributed by atoms with Gasteiger partial charge in [-0.1, -0.05) is 161 Å². The number of amides is 2. The van der Waals surface area contributed by atoms with E-state index in [0.717, 1.165) is 36.8 Å². The van der Waals surface area contributed by atoms with Gasteiger partial charge < -0.3 is 9.47 Å². The summed E-state index contributed by atoms with van der Waals surface area (Å²) in [4.78, 5) is 58.9. The molecule has 292 valence electrons. The summed E-state index contributed by atoms with van der Waals surface area (Å²) in [7, 11) is 0. The van der Waals surface area contributed by atoms with Crippen LogP contribution in [0.1, 0.15) is 90.2 Å². The molecular weight excluding hydrogens is 783 g/mol. The lowest BCUT2D eigenvalue weighted by Crippen LogP contribution is -2.39. The molecule has 0 N–H and O–H groups in total. The minimum absolute atomic E-state index is 0.00640. The van der Waals surface area contributed by atoms with E-state index >= 15 is 0 Å². The third kappa shape index (κ3) is 9.04. The Bertz CT molecular complexity index is 1950. The number of esters is 2. The van der Waals surface area contributed by atoms with Crippen LogP contribution < -0.4 is 9.47 Å². The van der Waals surface area contributed by atoms with E-state index in [9.17, 15) is 24.4 Å². The van der Waals surface area contributed by atoms with Crippen LogP contribution in [-0.4, -0.2) is 33.8 Å². The number of ether oxygens (including phenoxy) is 2. The summed E-state index contributed by atoms with van der Waals surface area (Å²) in [5, 5.41) is 12.6. The van der Waals surface area contributed by atoms with Crippen LogP contribution in [0.5, 0.6) is 11.5 Å². The molecule has 0 bridgehead atoms. The Kier molecular flexibility index (Phi) is 14.4. The smallest absolute Gasteiger partial charge is 0.314 e. The first kappa shape index (κ1) is 41.5. The van der Waals surface area contributed by atoms with Gasteiger partial charge in [0.25, 0.3) is 11.8 Å². The second-order valence-electron chi connectivity index (χ2n) is 13.7. The maximum atomic E-state index is 14.5. The Morgan fingerprint density at radius 2 is 1.09 bits per heavy atom. The van der Waals surface area contributed by atoms with E-state index in [0.29, 0.717) is 65.2 Å². The van der Waals surface area contributed by atoms with Crippen molar-refractivity contribution in [2.24, 2.45) is 11.8 Å². The highest BCUT2D eigenvalue weighted by Gasteiger charge is 2.47. The fourth-order valence-electron chi connectivity index (χ4n) is 6.63. The zero-order valence-electron chi connectivity index (χ0n) is 32.0. The van der Waals surface area contributed by atoms with Crippen molar-refractivity contribution in [2.45, 2.75) is 112 Å². The fraction of sp³-hybridized carbons (Fsp3) is 0.372. The van der Waals surface area contributed by atoms with Crippen LogP contribution in [0.15, 0.2) is 100 Å². The highest BCUT2D eigenvalue weighted by Crippen LogP contribution is 2.68. The van der Waals surface area contributed by atoms with E-state index in [4.69, 9.17) is 9.47 Å². The Morgan fingerprint density at radius 3 is 1.46 bits per heavy atom. The molecule has 1 fully saturated rings. The Morgan fingerprint density at radius 1 is 0.679 bits per heavy atom. The number of carbonyl (C=O) groups excluding carboxylic acids is 4. The molecule has 6 rings (SSSR count). The van der Waals surface area contributed by atoms with E-state index in [2.05, 4.69) is 19.9 Å². The van der Waals surface area contributed by atoms with Gasteiger partial charge >= 0.3 is 11.9 Å². The van der Waals surface area contributed by atoms with Crippen molar-refractivity contribution < 1.29 is 28.7 Å². The van der Waals surface area contributed by atoms with Crippen molar-refractivity contribution in [3.05, 3.63) is 91.9 Å². The summed E-state index contributed by atoms with van der Waals surface area (Å²) in [5.41, 5.74) is 1.74. The molecule has 0 spiro atoms. The lowest BCUT2D eigenvalue weighted by Gasteiger charge is -2.27. The minimum Gasteiger partial charge on any atom is -0.424 e. The molecule has 3 aromatic carbocycles. The van der Waals surface area contributed by atoms with Crippen molar-refractivity contribution in [1.29, 1.82) is 5.26 Å². The van der Waals surface area contributed by atoms with Gasteiger partial charge in [-0.05, 0) is 36.8 Å². The van der Waals surface area contributed by atoms with E-state index in [1.54, 1.807) is 0 Å². The van der Waals surface area contributed by atoms with E-state index in [1.807, 2.05) is 74.5 Å². The predicted molar refractivity (Wildman–Crippen MR) is 222 cm³/mol. The van der Waals surface area contributed by atoms with Crippen LogP contribution in [0.4, 0.5) is 0 Å². The Balaban J connectivity index is 1.48. The highest BCUT2D eigenvalue weighted by molar-refractivity contribution is 8.26. The molecule has 0 saturated carbocycles. The number of thioether (sulfide) groups is 4. The quantitative estimate of drug-likeness (QED) is 0.0451. The standard InChI is InChI=1S/C43H45N3O6S4/c1-5-9-21-29(7-3)41(49)51-33-35-36(54-31(53-35)23-24-44)34(52-42(50)30(8-4)22-10-6-2)38-37(33)55-43(56-38)32-39(47)45(25-27-17-13-11-14-18-27)46(40(32)48)26-28-19-15-12-16-20-28/h11-20,23,29-30H,5-10,21-22,25-26H2,1-4H3. The van der Waals surface area contributed by atoms with Gasteiger partial charge in [0.1, 0.15) is 5.57 Å².